The quantitative estimate of drug-likeness (QED) is 0.548. The molecule has 0 amide bonds. The summed E-state index contributed by atoms with van der Waals surface area (Å²) in [6.45, 7) is 0. The smallest absolute Gasteiger partial charge is 0.285 e. The van der Waals surface area contributed by atoms with Crippen LogP contribution in [0.25, 0.3) is 0 Å². The monoisotopic (exact) mass is 180 g/mol. The molecule has 5 heteroatoms. The summed E-state index contributed by atoms with van der Waals surface area (Å²) in [4.78, 5) is 23.5. The summed E-state index contributed by atoms with van der Waals surface area (Å²) in [6, 6.07) is 1.37. The van der Waals surface area contributed by atoms with Crippen LogP contribution in [0.15, 0.2) is 17.1 Å². The largest absolute Gasteiger partial charge is 0.323 e. The molecular formula is C8H8N2O3. The first-order chi connectivity index (χ1) is 6.18. The van der Waals surface area contributed by atoms with E-state index >= 15 is 0 Å². The van der Waals surface area contributed by atoms with Gasteiger partial charge < -0.3 is 4.98 Å². The zero-order valence-corrected chi connectivity index (χ0v) is 6.82. The third kappa shape index (κ3) is 1.44. The van der Waals surface area contributed by atoms with Gasteiger partial charge in [0.25, 0.3) is 11.2 Å². The molecule has 68 valence electrons. The van der Waals surface area contributed by atoms with Crippen LogP contribution in [0.1, 0.15) is 24.3 Å². The molecule has 0 radical (unpaired) electrons. The van der Waals surface area contributed by atoms with Gasteiger partial charge in [0, 0.05) is 11.6 Å². The van der Waals surface area contributed by atoms with Gasteiger partial charge in [-0.3, -0.25) is 14.9 Å². The van der Waals surface area contributed by atoms with Crippen molar-refractivity contribution in [3.05, 3.63) is 38.3 Å². The highest BCUT2D eigenvalue weighted by Gasteiger charge is 2.27. The molecule has 0 bridgehead atoms. The van der Waals surface area contributed by atoms with Crippen LogP contribution < -0.4 is 5.56 Å². The maximum absolute atomic E-state index is 11.2. The number of aromatic amines is 1. The van der Waals surface area contributed by atoms with E-state index in [4.69, 9.17) is 0 Å². The van der Waals surface area contributed by atoms with E-state index in [0.29, 0.717) is 5.56 Å². The summed E-state index contributed by atoms with van der Waals surface area (Å²) >= 11 is 0. The van der Waals surface area contributed by atoms with Crippen molar-refractivity contribution in [2.24, 2.45) is 0 Å². The topological polar surface area (TPSA) is 76.0 Å². The Bertz CT molecular complexity index is 406. The molecule has 0 atom stereocenters. The minimum Gasteiger partial charge on any atom is -0.323 e. The van der Waals surface area contributed by atoms with Gasteiger partial charge in [0.05, 0.1) is 11.1 Å². The van der Waals surface area contributed by atoms with Gasteiger partial charge in [0.2, 0.25) is 0 Å². The van der Waals surface area contributed by atoms with E-state index in [1.54, 1.807) is 0 Å². The lowest BCUT2D eigenvalue weighted by molar-refractivity contribution is -0.385. The number of aromatic nitrogens is 1. The predicted molar refractivity (Wildman–Crippen MR) is 45.7 cm³/mol. The fourth-order valence-corrected chi connectivity index (χ4v) is 1.29. The van der Waals surface area contributed by atoms with Crippen LogP contribution in [0.2, 0.25) is 0 Å². The van der Waals surface area contributed by atoms with Gasteiger partial charge in [-0.25, -0.2) is 0 Å². The van der Waals surface area contributed by atoms with E-state index in [2.05, 4.69) is 4.98 Å². The molecule has 1 aliphatic rings. The molecule has 0 aliphatic heterocycles. The van der Waals surface area contributed by atoms with E-state index in [0.717, 1.165) is 19.0 Å². The van der Waals surface area contributed by atoms with Crippen LogP contribution in [-0.4, -0.2) is 9.91 Å². The molecule has 1 fully saturated rings. The van der Waals surface area contributed by atoms with Crippen molar-refractivity contribution in [1.29, 1.82) is 0 Å². The van der Waals surface area contributed by atoms with Crippen molar-refractivity contribution in [2.75, 3.05) is 0 Å². The van der Waals surface area contributed by atoms with Gasteiger partial charge in [0.15, 0.2) is 0 Å². The van der Waals surface area contributed by atoms with E-state index < -0.39 is 4.92 Å². The van der Waals surface area contributed by atoms with E-state index in [1.807, 2.05) is 0 Å². The van der Waals surface area contributed by atoms with E-state index in [-0.39, 0.29) is 17.2 Å². The van der Waals surface area contributed by atoms with Crippen molar-refractivity contribution in [3.63, 3.8) is 0 Å². The lowest BCUT2D eigenvalue weighted by Gasteiger charge is -1.95. The maximum Gasteiger partial charge on any atom is 0.285 e. The molecule has 0 aromatic carbocycles. The Kier molecular flexibility index (Phi) is 1.65. The Morgan fingerprint density at radius 3 is 2.77 bits per heavy atom. The second kappa shape index (κ2) is 2.69. The second-order valence-electron chi connectivity index (χ2n) is 3.17. The predicted octanol–water partition coefficient (Wildman–Crippen LogP) is 1.16. The summed E-state index contributed by atoms with van der Waals surface area (Å²) in [5, 5.41) is 10.4. The Morgan fingerprint density at radius 1 is 1.54 bits per heavy atom. The number of nitro groups is 1. The zero-order valence-electron chi connectivity index (χ0n) is 6.82. The SMILES string of the molecule is O=c1[nH]cc([N+](=O)[O-])cc1C1CC1. The number of nitrogens with zero attached hydrogens (tertiary/aromatic N) is 1. The molecule has 2 rings (SSSR count). The van der Waals surface area contributed by atoms with Gasteiger partial charge in [0.1, 0.15) is 0 Å². The number of nitrogens with one attached hydrogen (secondary N) is 1. The van der Waals surface area contributed by atoms with Gasteiger partial charge in [-0.2, -0.15) is 0 Å². The summed E-state index contributed by atoms with van der Waals surface area (Å²) in [7, 11) is 0. The molecular weight excluding hydrogens is 172 g/mol. The van der Waals surface area contributed by atoms with Crippen molar-refractivity contribution in [3.8, 4) is 0 Å². The summed E-state index contributed by atoms with van der Waals surface area (Å²) in [5.41, 5.74) is 0.309. The zero-order chi connectivity index (χ0) is 9.42. The Labute approximate surface area is 73.6 Å². The minimum absolute atomic E-state index is 0.0403. The third-order valence-corrected chi connectivity index (χ3v) is 2.14. The highest BCUT2D eigenvalue weighted by Crippen LogP contribution is 2.38. The molecule has 1 heterocycles. The molecule has 1 N–H and O–H groups in total. The van der Waals surface area contributed by atoms with Gasteiger partial charge >= 0.3 is 0 Å². The van der Waals surface area contributed by atoms with Gasteiger partial charge in [-0.1, -0.05) is 0 Å². The van der Waals surface area contributed by atoms with Crippen LogP contribution in [0.3, 0.4) is 0 Å². The van der Waals surface area contributed by atoms with Crippen LogP contribution in [0.5, 0.6) is 0 Å². The Hall–Kier alpha value is -1.65. The van der Waals surface area contributed by atoms with Gasteiger partial charge in [-0.15, -0.1) is 0 Å². The molecule has 13 heavy (non-hydrogen) atoms. The van der Waals surface area contributed by atoms with Crippen LogP contribution in [0.4, 0.5) is 5.69 Å². The van der Waals surface area contributed by atoms with Crippen LogP contribution in [0, 0.1) is 10.1 Å². The number of hydrogen-bond acceptors (Lipinski definition) is 3. The highest BCUT2D eigenvalue weighted by atomic mass is 16.6. The highest BCUT2D eigenvalue weighted by molar-refractivity contribution is 5.33. The van der Waals surface area contributed by atoms with Crippen LogP contribution >= 0.6 is 0 Å². The first kappa shape index (κ1) is 7.97. The molecule has 0 unspecified atom stereocenters. The average Bonchev–Trinajstić information content (AvgIpc) is 2.87. The fraction of sp³-hybridized carbons (Fsp3) is 0.375. The first-order valence-corrected chi connectivity index (χ1v) is 4.05. The van der Waals surface area contributed by atoms with Crippen molar-refractivity contribution in [2.45, 2.75) is 18.8 Å². The molecule has 5 nitrogen and oxygen atoms in total. The third-order valence-electron chi connectivity index (χ3n) is 2.14. The normalized spacial score (nSPS) is 15.7. The van der Waals surface area contributed by atoms with Crippen molar-refractivity contribution >= 4 is 5.69 Å². The fourth-order valence-electron chi connectivity index (χ4n) is 1.29. The molecule has 0 spiro atoms. The second-order valence-corrected chi connectivity index (χ2v) is 3.17. The summed E-state index contributed by atoms with van der Waals surface area (Å²) < 4.78 is 0. The van der Waals surface area contributed by atoms with E-state index in [9.17, 15) is 14.9 Å². The molecule has 1 aromatic heterocycles. The van der Waals surface area contributed by atoms with Gasteiger partial charge in [-0.05, 0) is 18.8 Å². The maximum atomic E-state index is 11.2. The average molecular weight is 180 g/mol. The molecule has 0 saturated heterocycles. The minimum atomic E-state index is -0.498. The Morgan fingerprint density at radius 2 is 2.23 bits per heavy atom. The molecule has 1 aromatic rings. The molecule has 1 aliphatic carbocycles. The van der Waals surface area contributed by atoms with Crippen molar-refractivity contribution < 1.29 is 4.92 Å². The Balaban J connectivity index is 2.48. The number of rotatable bonds is 2. The van der Waals surface area contributed by atoms with Crippen molar-refractivity contribution in [1.82, 2.24) is 4.98 Å². The van der Waals surface area contributed by atoms with Crippen LogP contribution in [-0.2, 0) is 0 Å². The standard InChI is InChI=1S/C8H8N2O3/c11-8-7(5-1-2-5)3-6(4-9-8)10(12)13/h3-5H,1-2H2,(H,9,11). The lowest BCUT2D eigenvalue weighted by atomic mass is 10.2. The van der Waals surface area contributed by atoms with E-state index in [1.165, 1.54) is 6.07 Å². The number of pyridine rings is 1. The number of H-pyrrole nitrogens is 1. The summed E-state index contributed by atoms with van der Waals surface area (Å²) in [6.07, 6.45) is 3.06. The molecule has 1 saturated carbocycles. The lowest BCUT2D eigenvalue weighted by Crippen LogP contribution is -2.11. The first-order valence-electron chi connectivity index (χ1n) is 4.05. The number of hydrogen-bond donors (Lipinski definition) is 1. The summed E-state index contributed by atoms with van der Waals surface area (Å²) in [5.74, 6) is 0.239.